The average Bonchev–Trinajstić information content (AvgIpc) is 2.67. The fourth-order valence-electron chi connectivity index (χ4n) is 2.86. The summed E-state index contributed by atoms with van der Waals surface area (Å²) in [6, 6.07) is 9.23. The number of benzene rings is 1. The van der Waals surface area contributed by atoms with Gasteiger partial charge in [0.05, 0.1) is 14.2 Å². The van der Waals surface area contributed by atoms with E-state index in [2.05, 4.69) is 4.98 Å². The molecule has 0 spiro atoms. The van der Waals surface area contributed by atoms with E-state index in [1.807, 2.05) is 4.90 Å². The molecule has 0 radical (unpaired) electrons. The lowest BCUT2D eigenvalue weighted by atomic mass is 10.3. The maximum absolute atomic E-state index is 13.3. The van der Waals surface area contributed by atoms with Gasteiger partial charge in [0.15, 0.2) is 0 Å². The highest BCUT2D eigenvalue weighted by Crippen LogP contribution is 2.31. The Morgan fingerprint density at radius 3 is 2.38 bits per heavy atom. The Kier molecular flexibility index (Phi) is 5.28. The van der Waals surface area contributed by atoms with E-state index in [-0.39, 0.29) is 23.7 Å². The maximum Gasteiger partial charge on any atom is 0.247 e. The summed E-state index contributed by atoms with van der Waals surface area (Å²) >= 11 is 0. The molecule has 1 aliphatic rings. The molecule has 3 rings (SSSR count). The molecular weight excluding hydrogens is 361 g/mol. The van der Waals surface area contributed by atoms with Crippen LogP contribution in [0.2, 0.25) is 0 Å². The Morgan fingerprint density at radius 1 is 1.04 bits per heavy atom. The molecule has 1 aromatic heterocycles. The summed E-state index contributed by atoms with van der Waals surface area (Å²) in [5.41, 5.74) is 0. The summed E-state index contributed by atoms with van der Waals surface area (Å²) in [5.74, 6) is 0.645. The molecule has 0 aliphatic carbocycles. The number of anilines is 1. The molecule has 1 aromatic carbocycles. The zero-order valence-corrected chi connectivity index (χ0v) is 15.4. The lowest BCUT2D eigenvalue weighted by Crippen LogP contribution is -2.49. The summed E-state index contributed by atoms with van der Waals surface area (Å²) in [6.45, 7) is 1.37. The lowest BCUT2D eigenvalue weighted by molar-refractivity contribution is 0.370. The highest BCUT2D eigenvalue weighted by atomic mass is 32.2. The number of hydrogen-bond acceptors (Lipinski definition) is 6. The summed E-state index contributed by atoms with van der Waals surface area (Å²) < 4.78 is 51.1. The van der Waals surface area contributed by atoms with Gasteiger partial charge in [-0.3, -0.25) is 0 Å². The standard InChI is InChI=1S/C17H20FN3O4S/c1-24-13-6-7-14(25-2)15(12-13)26(22,23)21-10-8-20(9-11-21)17-5-3-4-16(18)19-17/h3-7,12H,8-11H2,1-2H3. The van der Waals surface area contributed by atoms with Crippen molar-refractivity contribution in [2.75, 3.05) is 45.3 Å². The minimum atomic E-state index is -3.74. The van der Waals surface area contributed by atoms with Gasteiger partial charge >= 0.3 is 0 Å². The summed E-state index contributed by atoms with van der Waals surface area (Å²) in [6.07, 6.45) is 0. The summed E-state index contributed by atoms with van der Waals surface area (Å²) in [7, 11) is -0.844. The SMILES string of the molecule is COc1ccc(OC)c(S(=O)(=O)N2CCN(c3cccc(F)n3)CC2)c1. The molecular formula is C17H20FN3O4S. The maximum atomic E-state index is 13.3. The Balaban J connectivity index is 1.80. The van der Waals surface area contributed by atoms with Gasteiger partial charge in [0.25, 0.3) is 0 Å². The number of methoxy groups -OCH3 is 2. The van der Waals surface area contributed by atoms with Crippen LogP contribution in [0.25, 0.3) is 0 Å². The fourth-order valence-corrected chi connectivity index (χ4v) is 4.45. The lowest BCUT2D eigenvalue weighted by Gasteiger charge is -2.34. The molecule has 1 fully saturated rings. The van der Waals surface area contributed by atoms with Crippen molar-refractivity contribution in [3.63, 3.8) is 0 Å². The van der Waals surface area contributed by atoms with Gasteiger partial charge in [-0.05, 0) is 24.3 Å². The number of nitrogens with zero attached hydrogens (tertiary/aromatic N) is 3. The first kappa shape index (κ1) is 18.4. The first-order valence-corrected chi connectivity index (χ1v) is 9.49. The fraction of sp³-hybridized carbons (Fsp3) is 0.353. The first-order chi connectivity index (χ1) is 12.5. The quantitative estimate of drug-likeness (QED) is 0.735. The second kappa shape index (κ2) is 7.46. The van der Waals surface area contributed by atoms with E-state index in [4.69, 9.17) is 9.47 Å². The molecule has 140 valence electrons. The van der Waals surface area contributed by atoms with Crippen LogP contribution in [-0.2, 0) is 10.0 Å². The Bertz CT molecular complexity index is 883. The zero-order chi connectivity index (χ0) is 18.7. The van der Waals surface area contributed by atoms with Crippen LogP contribution in [0.15, 0.2) is 41.3 Å². The van der Waals surface area contributed by atoms with E-state index in [0.717, 1.165) is 0 Å². The molecule has 26 heavy (non-hydrogen) atoms. The molecule has 0 unspecified atom stereocenters. The largest absolute Gasteiger partial charge is 0.497 e. The normalized spacial score (nSPS) is 15.7. The minimum absolute atomic E-state index is 0.0664. The van der Waals surface area contributed by atoms with Crippen molar-refractivity contribution in [1.29, 1.82) is 0 Å². The zero-order valence-electron chi connectivity index (χ0n) is 14.6. The number of aromatic nitrogens is 1. The van der Waals surface area contributed by atoms with E-state index < -0.39 is 16.0 Å². The van der Waals surface area contributed by atoms with Gasteiger partial charge in [0.2, 0.25) is 16.0 Å². The molecule has 2 heterocycles. The first-order valence-electron chi connectivity index (χ1n) is 8.05. The second-order valence-corrected chi connectivity index (χ2v) is 7.63. The minimum Gasteiger partial charge on any atom is -0.497 e. The molecule has 1 aliphatic heterocycles. The second-order valence-electron chi connectivity index (χ2n) is 5.73. The van der Waals surface area contributed by atoms with Gasteiger partial charge in [0, 0.05) is 32.2 Å². The predicted molar refractivity (Wildman–Crippen MR) is 94.7 cm³/mol. The average molecular weight is 381 g/mol. The van der Waals surface area contributed by atoms with Crippen molar-refractivity contribution < 1.29 is 22.3 Å². The van der Waals surface area contributed by atoms with Crippen molar-refractivity contribution in [2.24, 2.45) is 0 Å². The molecule has 0 bridgehead atoms. The van der Waals surface area contributed by atoms with Crippen LogP contribution in [0.4, 0.5) is 10.2 Å². The van der Waals surface area contributed by atoms with E-state index in [0.29, 0.717) is 24.7 Å². The van der Waals surface area contributed by atoms with Crippen LogP contribution in [0.3, 0.4) is 0 Å². The molecule has 9 heteroatoms. The number of piperazine rings is 1. The van der Waals surface area contributed by atoms with Crippen molar-refractivity contribution in [1.82, 2.24) is 9.29 Å². The third-order valence-corrected chi connectivity index (χ3v) is 6.17. The molecule has 0 amide bonds. The number of pyridine rings is 1. The van der Waals surface area contributed by atoms with Crippen LogP contribution >= 0.6 is 0 Å². The van der Waals surface area contributed by atoms with E-state index in [9.17, 15) is 12.8 Å². The number of hydrogen-bond donors (Lipinski definition) is 0. The van der Waals surface area contributed by atoms with Crippen molar-refractivity contribution in [3.05, 3.63) is 42.3 Å². The highest BCUT2D eigenvalue weighted by molar-refractivity contribution is 7.89. The Morgan fingerprint density at radius 2 is 1.77 bits per heavy atom. The van der Waals surface area contributed by atoms with Crippen LogP contribution in [-0.4, -0.2) is 58.1 Å². The van der Waals surface area contributed by atoms with E-state index in [1.54, 1.807) is 24.3 Å². The van der Waals surface area contributed by atoms with Gasteiger partial charge in [-0.25, -0.2) is 13.4 Å². The molecule has 0 saturated carbocycles. The highest BCUT2D eigenvalue weighted by Gasteiger charge is 2.31. The monoisotopic (exact) mass is 381 g/mol. The predicted octanol–water partition coefficient (Wildman–Crippen LogP) is 1.75. The Labute approximate surface area is 152 Å². The van der Waals surface area contributed by atoms with Gasteiger partial charge in [-0.1, -0.05) is 6.07 Å². The van der Waals surface area contributed by atoms with Crippen LogP contribution in [0.1, 0.15) is 0 Å². The topological polar surface area (TPSA) is 72.0 Å². The third kappa shape index (κ3) is 3.58. The molecule has 2 aromatic rings. The van der Waals surface area contributed by atoms with Gasteiger partial charge in [-0.15, -0.1) is 0 Å². The smallest absolute Gasteiger partial charge is 0.247 e. The number of sulfonamides is 1. The number of ether oxygens (including phenoxy) is 2. The van der Waals surface area contributed by atoms with Crippen LogP contribution in [0, 0.1) is 5.95 Å². The summed E-state index contributed by atoms with van der Waals surface area (Å²) in [5, 5.41) is 0. The Hall–Kier alpha value is -2.39. The van der Waals surface area contributed by atoms with Gasteiger partial charge < -0.3 is 14.4 Å². The van der Waals surface area contributed by atoms with E-state index in [1.165, 1.54) is 30.7 Å². The number of halogens is 1. The molecule has 0 atom stereocenters. The van der Waals surface area contributed by atoms with Crippen molar-refractivity contribution >= 4 is 15.8 Å². The van der Waals surface area contributed by atoms with Gasteiger partial charge in [-0.2, -0.15) is 8.70 Å². The van der Waals surface area contributed by atoms with Crippen LogP contribution < -0.4 is 14.4 Å². The van der Waals surface area contributed by atoms with Crippen LogP contribution in [0.5, 0.6) is 11.5 Å². The van der Waals surface area contributed by atoms with Crippen molar-refractivity contribution in [2.45, 2.75) is 4.90 Å². The van der Waals surface area contributed by atoms with E-state index >= 15 is 0 Å². The number of rotatable bonds is 5. The third-order valence-electron chi connectivity index (χ3n) is 4.25. The molecule has 1 saturated heterocycles. The van der Waals surface area contributed by atoms with Gasteiger partial charge in [0.1, 0.15) is 22.2 Å². The molecule has 7 nitrogen and oxygen atoms in total. The van der Waals surface area contributed by atoms with Crippen molar-refractivity contribution in [3.8, 4) is 11.5 Å². The molecule has 0 N–H and O–H groups in total. The summed E-state index contributed by atoms with van der Waals surface area (Å²) in [4.78, 5) is 5.77.